The van der Waals surface area contributed by atoms with Crippen LogP contribution in [0.15, 0.2) is 40.1 Å². The van der Waals surface area contributed by atoms with E-state index >= 15 is 0 Å². The molecule has 0 unspecified atom stereocenters. The molecule has 1 aromatic heterocycles. The van der Waals surface area contributed by atoms with Crippen molar-refractivity contribution in [3.63, 3.8) is 0 Å². The van der Waals surface area contributed by atoms with Gasteiger partial charge in [-0.1, -0.05) is 37.2 Å². The minimum atomic E-state index is -0.635. The zero-order valence-corrected chi connectivity index (χ0v) is 11.4. The molecule has 0 atom stereocenters. The molecule has 2 rings (SSSR count). The highest BCUT2D eigenvalue weighted by Crippen LogP contribution is 2.21. The maximum Gasteiger partial charge on any atom is 0.255 e. The van der Waals surface area contributed by atoms with Crippen molar-refractivity contribution in [2.24, 2.45) is 16.3 Å². The molecule has 106 valence electrons. The van der Waals surface area contributed by atoms with Crippen molar-refractivity contribution in [2.75, 3.05) is 6.54 Å². The topological polar surface area (TPSA) is 101 Å². The van der Waals surface area contributed by atoms with E-state index in [9.17, 15) is 4.79 Å². The Balaban J connectivity index is 2.13. The van der Waals surface area contributed by atoms with E-state index in [4.69, 9.17) is 15.4 Å². The summed E-state index contributed by atoms with van der Waals surface area (Å²) >= 11 is 0. The summed E-state index contributed by atoms with van der Waals surface area (Å²) in [7, 11) is 0. The van der Waals surface area contributed by atoms with Gasteiger partial charge in [0.15, 0.2) is 0 Å². The van der Waals surface area contributed by atoms with Crippen LogP contribution in [-0.4, -0.2) is 23.5 Å². The molecule has 6 nitrogen and oxygen atoms in total. The number of carbonyl (C=O) groups is 1. The lowest BCUT2D eigenvalue weighted by Crippen LogP contribution is -2.42. The molecule has 20 heavy (non-hydrogen) atoms. The van der Waals surface area contributed by atoms with E-state index < -0.39 is 5.41 Å². The number of fused-ring (bicyclic) bond motifs is 1. The van der Waals surface area contributed by atoms with Gasteiger partial charge in [-0.15, -0.1) is 0 Å². The maximum absolute atomic E-state index is 12.2. The van der Waals surface area contributed by atoms with Crippen molar-refractivity contribution in [1.29, 1.82) is 0 Å². The van der Waals surface area contributed by atoms with Crippen molar-refractivity contribution >= 4 is 22.7 Å². The Hall–Kier alpha value is -2.50. The fraction of sp³-hybridized carbons (Fsp3) is 0.286. The Kier molecular flexibility index (Phi) is 3.65. The molecule has 2 aromatic rings. The predicted molar refractivity (Wildman–Crippen MR) is 75.7 cm³/mol. The summed E-state index contributed by atoms with van der Waals surface area (Å²) in [4.78, 5) is 12.2. The molecule has 0 aliphatic heterocycles. The Labute approximate surface area is 116 Å². The van der Waals surface area contributed by atoms with Gasteiger partial charge in [-0.25, -0.2) is 0 Å². The number of benzene rings is 1. The molecule has 0 saturated heterocycles. The average Bonchev–Trinajstić information content (AvgIpc) is 2.88. The number of rotatable bonds is 4. The molecule has 0 radical (unpaired) electrons. The summed E-state index contributed by atoms with van der Waals surface area (Å²) in [6.07, 6.45) is 1.43. The second-order valence-corrected chi connectivity index (χ2v) is 5.20. The molecule has 0 bridgehead atoms. The number of amidine groups is 1. The third-order valence-electron chi connectivity index (χ3n) is 3.22. The first kappa shape index (κ1) is 13.9. The monoisotopic (exact) mass is 275 g/mol. The Morgan fingerprint density at radius 2 is 2.15 bits per heavy atom. The Morgan fingerprint density at radius 1 is 1.45 bits per heavy atom. The average molecular weight is 275 g/mol. The van der Waals surface area contributed by atoms with E-state index in [2.05, 4.69) is 10.5 Å². The van der Waals surface area contributed by atoms with E-state index in [0.29, 0.717) is 11.1 Å². The SMILES string of the molecule is CC(C)(CNC(=O)c1coc2ccccc12)/C(N)=N/O. The first-order valence-corrected chi connectivity index (χ1v) is 6.18. The number of carbonyl (C=O) groups excluding carboxylic acids is 1. The molecule has 6 heteroatoms. The van der Waals surface area contributed by atoms with E-state index in [1.165, 1.54) is 6.26 Å². The van der Waals surface area contributed by atoms with Crippen molar-refractivity contribution in [1.82, 2.24) is 5.32 Å². The first-order valence-electron chi connectivity index (χ1n) is 6.18. The number of nitrogens with zero attached hydrogens (tertiary/aromatic N) is 1. The van der Waals surface area contributed by atoms with Gasteiger partial charge in [0, 0.05) is 17.3 Å². The highest BCUT2D eigenvalue weighted by atomic mass is 16.4. The van der Waals surface area contributed by atoms with Crippen LogP contribution in [0.3, 0.4) is 0 Å². The summed E-state index contributed by atoms with van der Waals surface area (Å²) in [6.45, 7) is 3.80. The second kappa shape index (κ2) is 5.24. The van der Waals surface area contributed by atoms with E-state index in [-0.39, 0.29) is 18.3 Å². The standard InChI is InChI=1S/C14H17N3O3/c1-14(2,13(15)17-19)8-16-12(18)10-7-20-11-6-4-3-5-9(10)11/h3-7,19H,8H2,1-2H3,(H2,15,17)(H,16,18). The lowest BCUT2D eigenvalue weighted by Gasteiger charge is -2.22. The maximum atomic E-state index is 12.2. The van der Waals surface area contributed by atoms with Crippen molar-refractivity contribution in [2.45, 2.75) is 13.8 Å². The molecule has 4 N–H and O–H groups in total. The van der Waals surface area contributed by atoms with Crippen LogP contribution < -0.4 is 11.1 Å². The number of furan rings is 1. The fourth-order valence-electron chi connectivity index (χ4n) is 1.78. The summed E-state index contributed by atoms with van der Waals surface area (Å²) in [5, 5.41) is 15.2. The van der Waals surface area contributed by atoms with Crippen molar-refractivity contribution in [3.8, 4) is 0 Å². The molecule has 0 fully saturated rings. The number of hydrogen-bond acceptors (Lipinski definition) is 4. The van der Waals surface area contributed by atoms with Crippen LogP contribution in [0.25, 0.3) is 11.0 Å². The predicted octanol–water partition coefficient (Wildman–Crippen LogP) is 1.94. The van der Waals surface area contributed by atoms with Gasteiger partial charge in [0.05, 0.1) is 5.56 Å². The molecule has 1 amide bonds. The van der Waals surface area contributed by atoms with Gasteiger partial charge in [-0.05, 0) is 6.07 Å². The highest BCUT2D eigenvalue weighted by molar-refractivity contribution is 6.06. The van der Waals surface area contributed by atoms with Gasteiger partial charge in [0.1, 0.15) is 17.7 Å². The molecule has 0 aliphatic rings. The molecular weight excluding hydrogens is 258 g/mol. The first-order chi connectivity index (χ1) is 9.45. The van der Waals surface area contributed by atoms with Crippen LogP contribution in [0.5, 0.6) is 0 Å². The normalized spacial score (nSPS) is 12.6. The number of nitrogens with two attached hydrogens (primary N) is 1. The van der Waals surface area contributed by atoms with Gasteiger partial charge in [-0.3, -0.25) is 4.79 Å². The van der Waals surface area contributed by atoms with Crippen LogP contribution in [0, 0.1) is 5.41 Å². The lowest BCUT2D eigenvalue weighted by atomic mass is 9.92. The summed E-state index contributed by atoms with van der Waals surface area (Å²) in [5.41, 5.74) is 6.07. The van der Waals surface area contributed by atoms with Crippen molar-refractivity contribution < 1.29 is 14.4 Å². The molecule has 0 spiro atoms. The molecular formula is C14H17N3O3. The number of nitrogens with one attached hydrogen (secondary N) is 1. The van der Waals surface area contributed by atoms with Crippen LogP contribution in [-0.2, 0) is 0 Å². The number of para-hydroxylation sites is 1. The van der Waals surface area contributed by atoms with Gasteiger partial charge in [-0.2, -0.15) is 0 Å². The third-order valence-corrected chi connectivity index (χ3v) is 3.22. The summed E-state index contributed by atoms with van der Waals surface area (Å²) < 4.78 is 5.32. The van der Waals surface area contributed by atoms with Crippen LogP contribution in [0.4, 0.5) is 0 Å². The van der Waals surface area contributed by atoms with Gasteiger partial charge in [0.2, 0.25) is 0 Å². The Bertz CT molecular complexity index is 658. The third kappa shape index (κ3) is 2.59. The molecule has 1 heterocycles. The largest absolute Gasteiger partial charge is 0.463 e. The number of oxime groups is 1. The molecule has 0 aliphatic carbocycles. The summed E-state index contributed by atoms with van der Waals surface area (Å²) in [6, 6.07) is 7.30. The zero-order valence-electron chi connectivity index (χ0n) is 11.4. The van der Waals surface area contributed by atoms with E-state index in [1.807, 2.05) is 18.2 Å². The molecule has 0 saturated carbocycles. The van der Waals surface area contributed by atoms with Crippen LogP contribution in [0.2, 0.25) is 0 Å². The molecule has 1 aromatic carbocycles. The van der Waals surface area contributed by atoms with Gasteiger partial charge >= 0.3 is 0 Å². The highest BCUT2D eigenvalue weighted by Gasteiger charge is 2.25. The number of amides is 1. The smallest absolute Gasteiger partial charge is 0.255 e. The zero-order chi connectivity index (χ0) is 14.8. The minimum absolute atomic E-state index is 0.0647. The minimum Gasteiger partial charge on any atom is -0.463 e. The fourth-order valence-corrected chi connectivity index (χ4v) is 1.78. The number of hydrogen-bond donors (Lipinski definition) is 3. The Morgan fingerprint density at radius 3 is 2.85 bits per heavy atom. The van der Waals surface area contributed by atoms with E-state index in [1.54, 1.807) is 19.9 Å². The quantitative estimate of drug-likeness (QED) is 0.343. The summed E-state index contributed by atoms with van der Waals surface area (Å²) in [5.74, 6) is -0.191. The van der Waals surface area contributed by atoms with Crippen LogP contribution in [0.1, 0.15) is 24.2 Å². The van der Waals surface area contributed by atoms with Gasteiger partial charge < -0.3 is 20.7 Å². The lowest BCUT2D eigenvalue weighted by molar-refractivity contribution is 0.0945. The van der Waals surface area contributed by atoms with Gasteiger partial charge in [0.25, 0.3) is 5.91 Å². The van der Waals surface area contributed by atoms with Crippen molar-refractivity contribution in [3.05, 3.63) is 36.1 Å². The second-order valence-electron chi connectivity index (χ2n) is 5.20. The van der Waals surface area contributed by atoms with E-state index in [0.717, 1.165) is 5.39 Å². The van der Waals surface area contributed by atoms with Crippen LogP contribution >= 0.6 is 0 Å².